The molecule has 1 saturated heterocycles. The maximum Gasteiger partial charge on any atom is 0.273 e. The highest BCUT2D eigenvalue weighted by Gasteiger charge is 2.23. The molecular formula is C15H27N5O. The van der Waals surface area contributed by atoms with E-state index in [4.69, 9.17) is 0 Å². The first-order valence-electron chi connectivity index (χ1n) is 7.91. The smallest absolute Gasteiger partial charge is 0.273 e. The van der Waals surface area contributed by atoms with Crippen LogP contribution in [0.5, 0.6) is 0 Å². The number of rotatable bonds is 5. The van der Waals surface area contributed by atoms with Gasteiger partial charge in [-0.05, 0) is 32.6 Å². The molecule has 6 heteroatoms. The second kappa shape index (κ2) is 7.02. The van der Waals surface area contributed by atoms with Crippen LogP contribution >= 0.6 is 0 Å². The lowest BCUT2D eigenvalue weighted by Crippen LogP contribution is -2.39. The maximum absolute atomic E-state index is 12.0. The standard InChI is InChI=1S/C15H27N5O/c1-11(2)9-16-15(21)14-10-20(18-17-14)13-5-7-19(8-6-13)12(3)4/h10-13H,5-9H2,1-4H3,(H,16,21). The number of carbonyl (C=O) groups is 1. The van der Waals surface area contributed by atoms with Gasteiger partial charge in [0.05, 0.1) is 12.2 Å². The highest BCUT2D eigenvalue weighted by atomic mass is 16.2. The molecule has 1 fully saturated rings. The molecule has 1 aliphatic rings. The Hall–Kier alpha value is -1.43. The number of nitrogens with one attached hydrogen (secondary N) is 1. The molecular weight excluding hydrogens is 266 g/mol. The van der Waals surface area contributed by atoms with Gasteiger partial charge in [0.1, 0.15) is 0 Å². The SMILES string of the molecule is CC(C)CNC(=O)c1cn(C2CCN(C(C)C)CC2)nn1. The lowest BCUT2D eigenvalue weighted by molar-refractivity contribution is 0.0944. The molecule has 1 aromatic rings. The molecule has 0 unspecified atom stereocenters. The summed E-state index contributed by atoms with van der Waals surface area (Å²) in [6.45, 7) is 11.4. The maximum atomic E-state index is 12.0. The van der Waals surface area contributed by atoms with Gasteiger partial charge in [0.2, 0.25) is 0 Å². The molecule has 0 saturated carbocycles. The zero-order chi connectivity index (χ0) is 15.4. The van der Waals surface area contributed by atoms with Crippen LogP contribution in [0.4, 0.5) is 0 Å². The quantitative estimate of drug-likeness (QED) is 0.897. The number of aromatic nitrogens is 3. The average molecular weight is 293 g/mol. The first-order chi connectivity index (χ1) is 9.97. The molecule has 0 spiro atoms. The molecule has 0 aliphatic carbocycles. The van der Waals surface area contributed by atoms with Crippen LogP contribution in [-0.2, 0) is 0 Å². The third-order valence-corrected chi connectivity index (χ3v) is 4.02. The first-order valence-corrected chi connectivity index (χ1v) is 7.91. The highest BCUT2D eigenvalue weighted by molar-refractivity contribution is 5.91. The van der Waals surface area contributed by atoms with Crippen LogP contribution in [0.15, 0.2) is 6.20 Å². The molecule has 21 heavy (non-hydrogen) atoms. The van der Waals surface area contributed by atoms with Crippen molar-refractivity contribution >= 4 is 5.91 Å². The lowest BCUT2D eigenvalue weighted by Gasteiger charge is -2.34. The van der Waals surface area contributed by atoms with Crippen molar-refractivity contribution in [3.63, 3.8) is 0 Å². The van der Waals surface area contributed by atoms with Crippen molar-refractivity contribution in [1.29, 1.82) is 0 Å². The molecule has 1 aromatic heterocycles. The summed E-state index contributed by atoms with van der Waals surface area (Å²) in [4.78, 5) is 14.4. The molecule has 0 bridgehead atoms. The predicted molar refractivity (Wildman–Crippen MR) is 82.2 cm³/mol. The molecule has 0 aromatic carbocycles. The van der Waals surface area contributed by atoms with Gasteiger partial charge in [-0.15, -0.1) is 5.10 Å². The van der Waals surface area contributed by atoms with Gasteiger partial charge in [0.15, 0.2) is 5.69 Å². The molecule has 1 amide bonds. The number of hydrogen-bond donors (Lipinski definition) is 1. The zero-order valence-electron chi connectivity index (χ0n) is 13.5. The van der Waals surface area contributed by atoms with Gasteiger partial charge in [-0.2, -0.15) is 0 Å². The predicted octanol–water partition coefficient (Wildman–Crippen LogP) is 1.71. The van der Waals surface area contributed by atoms with Crippen LogP contribution in [0, 0.1) is 5.92 Å². The number of piperidine rings is 1. The molecule has 2 heterocycles. The molecule has 0 radical (unpaired) electrons. The van der Waals surface area contributed by atoms with E-state index in [0.29, 0.717) is 30.2 Å². The van der Waals surface area contributed by atoms with Crippen LogP contribution < -0.4 is 5.32 Å². The second-order valence-electron chi connectivity index (χ2n) is 6.55. The summed E-state index contributed by atoms with van der Waals surface area (Å²) in [5.74, 6) is 0.305. The van der Waals surface area contributed by atoms with Gasteiger partial charge in [0, 0.05) is 25.7 Å². The minimum absolute atomic E-state index is 0.130. The van der Waals surface area contributed by atoms with Gasteiger partial charge >= 0.3 is 0 Å². The summed E-state index contributed by atoms with van der Waals surface area (Å²) in [7, 11) is 0. The van der Waals surface area contributed by atoms with Crippen molar-refractivity contribution in [2.75, 3.05) is 19.6 Å². The second-order valence-corrected chi connectivity index (χ2v) is 6.55. The van der Waals surface area contributed by atoms with Crippen molar-refractivity contribution < 1.29 is 4.79 Å². The van der Waals surface area contributed by atoms with E-state index in [1.165, 1.54) is 0 Å². The average Bonchev–Trinajstić information content (AvgIpc) is 2.94. The third-order valence-electron chi connectivity index (χ3n) is 4.02. The lowest BCUT2D eigenvalue weighted by atomic mass is 10.0. The fourth-order valence-electron chi connectivity index (χ4n) is 2.61. The number of hydrogen-bond acceptors (Lipinski definition) is 4. The van der Waals surface area contributed by atoms with Crippen molar-refractivity contribution in [3.05, 3.63) is 11.9 Å². The first kappa shape index (κ1) is 15.9. The van der Waals surface area contributed by atoms with E-state index in [1.807, 2.05) is 4.68 Å². The van der Waals surface area contributed by atoms with E-state index >= 15 is 0 Å². The Morgan fingerprint density at radius 1 is 1.33 bits per heavy atom. The minimum Gasteiger partial charge on any atom is -0.350 e. The van der Waals surface area contributed by atoms with Gasteiger partial charge < -0.3 is 10.2 Å². The molecule has 1 aliphatic heterocycles. The van der Waals surface area contributed by atoms with E-state index in [-0.39, 0.29) is 5.91 Å². The van der Waals surface area contributed by atoms with Crippen LogP contribution in [0.3, 0.4) is 0 Å². The largest absolute Gasteiger partial charge is 0.350 e. The summed E-state index contributed by atoms with van der Waals surface area (Å²) in [5.41, 5.74) is 0.418. The van der Waals surface area contributed by atoms with Crippen LogP contribution in [0.1, 0.15) is 57.1 Å². The fourth-order valence-corrected chi connectivity index (χ4v) is 2.61. The summed E-state index contributed by atoms with van der Waals surface area (Å²) in [6.07, 6.45) is 3.91. The Balaban J connectivity index is 1.90. The van der Waals surface area contributed by atoms with E-state index in [1.54, 1.807) is 6.20 Å². The Morgan fingerprint density at radius 3 is 2.57 bits per heavy atom. The van der Waals surface area contributed by atoms with Gasteiger partial charge in [-0.25, -0.2) is 4.68 Å². The van der Waals surface area contributed by atoms with Crippen molar-refractivity contribution in [1.82, 2.24) is 25.2 Å². The topological polar surface area (TPSA) is 63.1 Å². The van der Waals surface area contributed by atoms with E-state index in [9.17, 15) is 4.79 Å². The summed E-state index contributed by atoms with van der Waals surface area (Å²) < 4.78 is 1.86. The molecule has 2 rings (SSSR count). The monoisotopic (exact) mass is 293 g/mol. The van der Waals surface area contributed by atoms with Crippen molar-refractivity contribution in [3.8, 4) is 0 Å². The zero-order valence-corrected chi connectivity index (χ0v) is 13.5. The Kier molecular flexibility index (Phi) is 5.33. The van der Waals surface area contributed by atoms with Crippen LogP contribution in [0.25, 0.3) is 0 Å². The third kappa shape index (κ3) is 4.27. The Morgan fingerprint density at radius 2 is 2.00 bits per heavy atom. The molecule has 1 N–H and O–H groups in total. The normalized spacial score (nSPS) is 17.6. The molecule has 6 nitrogen and oxygen atoms in total. The molecule has 118 valence electrons. The van der Waals surface area contributed by atoms with E-state index in [0.717, 1.165) is 25.9 Å². The van der Waals surface area contributed by atoms with E-state index in [2.05, 4.69) is 48.2 Å². The van der Waals surface area contributed by atoms with Crippen molar-refractivity contribution in [2.45, 2.75) is 52.6 Å². The Bertz CT molecular complexity index is 460. The summed E-state index contributed by atoms with van der Waals surface area (Å²) in [5, 5.41) is 11.0. The number of carbonyl (C=O) groups excluding carboxylic acids is 1. The van der Waals surface area contributed by atoms with Gasteiger partial charge in [0.25, 0.3) is 5.91 Å². The van der Waals surface area contributed by atoms with E-state index < -0.39 is 0 Å². The highest BCUT2D eigenvalue weighted by Crippen LogP contribution is 2.22. The number of likely N-dealkylation sites (tertiary alicyclic amines) is 1. The van der Waals surface area contributed by atoms with Gasteiger partial charge in [-0.1, -0.05) is 19.1 Å². The summed E-state index contributed by atoms with van der Waals surface area (Å²) >= 11 is 0. The number of amides is 1. The van der Waals surface area contributed by atoms with Crippen LogP contribution in [-0.4, -0.2) is 51.5 Å². The minimum atomic E-state index is -0.130. The summed E-state index contributed by atoms with van der Waals surface area (Å²) in [6, 6.07) is 0.957. The molecule has 0 atom stereocenters. The number of nitrogens with zero attached hydrogens (tertiary/aromatic N) is 4. The van der Waals surface area contributed by atoms with Crippen molar-refractivity contribution in [2.24, 2.45) is 5.92 Å². The van der Waals surface area contributed by atoms with Crippen LogP contribution in [0.2, 0.25) is 0 Å². The fraction of sp³-hybridized carbons (Fsp3) is 0.800. The Labute approximate surface area is 126 Å². The van der Waals surface area contributed by atoms with Gasteiger partial charge in [-0.3, -0.25) is 4.79 Å².